The third-order valence-corrected chi connectivity index (χ3v) is 5.76. The highest BCUT2D eigenvalue weighted by Gasteiger charge is 2.35. The third-order valence-electron chi connectivity index (χ3n) is 5.76. The molecular formula is C26H41N3O6. The molecule has 1 aliphatic rings. The van der Waals surface area contributed by atoms with Gasteiger partial charge in [0.25, 0.3) is 0 Å². The Morgan fingerprint density at radius 3 is 2.40 bits per heavy atom. The zero-order chi connectivity index (χ0) is 26.2. The normalized spacial score (nSPS) is 21.6. The van der Waals surface area contributed by atoms with E-state index < -0.39 is 36.0 Å². The van der Waals surface area contributed by atoms with Gasteiger partial charge in [-0.2, -0.15) is 0 Å². The summed E-state index contributed by atoms with van der Waals surface area (Å²) in [5.74, 6) is -0.240. The van der Waals surface area contributed by atoms with Crippen LogP contribution in [0.25, 0.3) is 0 Å². The summed E-state index contributed by atoms with van der Waals surface area (Å²) in [7, 11) is 0. The Morgan fingerprint density at radius 2 is 1.80 bits per heavy atom. The van der Waals surface area contributed by atoms with Gasteiger partial charge in [0.05, 0.1) is 18.7 Å². The van der Waals surface area contributed by atoms with Crippen molar-refractivity contribution in [2.45, 2.75) is 97.2 Å². The molecule has 0 radical (unpaired) electrons. The maximum absolute atomic E-state index is 13.1. The number of β-amino-alcohol motifs (C(OH)–C–C–N with tert-alkyl or cyclic N) is 1. The van der Waals surface area contributed by atoms with Gasteiger partial charge in [0, 0.05) is 6.04 Å². The number of hydrogen-bond acceptors (Lipinski definition) is 6. The molecule has 9 heteroatoms. The van der Waals surface area contributed by atoms with E-state index in [1.165, 1.54) is 4.90 Å². The molecule has 0 saturated carbocycles. The summed E-state index contributed by atoms with van der Waals surface area (Å²) in [6.07, 6.45) is -0.664. The van der Waals surface area contributed by atoms with Gasteiger partial charge < -0.3 is 30.1 Å². The van der Waals surface area contributed by atoms with Crippen molar-refractivity contribution in [1.29, 1.82) is 0 Å². The number of alkyl carbamates (subject to hydrolysis) is 1. The van der Waals surface area contributed by atoms with E-state index in [9.17, 15) is 19.5 Å². The topological polar surface area (TPSA) is 117 Å². The predicted octanol–water partition coefficient (Wildman–Crippen LogP) is 3.59. The number of benzene rings is 1. The van der Waals surface area contributed by atoms with Crippen LogP contribution in [0, 0.1) is 5.92 Å². The molecule has 0 spiro atoms. The van der Waals surface area contributed by atoms with E-state index in [4.69, 9.17) is 9.47 Å². The van der Waals surface area contributed by atoms with Gasteiger partial charge in [0.2, 0.25) is 5.91 Å². The number of nitrogens with one attached hydrogen (secondary N) is 2. The van der Waals surface area contributed by atoms with Gasteiger partial charge >= 0.3 is 12.2 Å². The van der Waals surface area contributed by atoms with Gasteiger partial charge in [-0.15, -0.1) is 0 Å². The Labute approximate surface area is 208 Å². The highest BCUT2D eigenvalue weighted by Crippen LogP contribution is 2.20. The maximum Gasteiger partial charge on any atom is 0.410 e. The Balaban J connectivity index is 1.99. The van der Waals surface area contributed by atoms with E-state index in [1.54, 1.807) is 20.8 Å². The quantitative estimate of drug-likeness (QED) is 0.537. The fourth-order valence-electron chi connectivity index (χ4n) is 3.94. The summed E-state index contributed by atoms with van der Waals surface area (Å²) in [6, 6.07) is 7.86. The van der Waals surface area contributed by atoms with Crippen LogP contribution in [0.4, 0.5) is 9.59 Å². The second-order valence-electron chi connectivity index (χ2n) is 10.6. The molecule has 1 aromatic rings. The van der Waals surface area contributed by atoms with Crippen molar-refractivity contribution in [2.24, 2.45) is 5.92 Å². The highest BCUT2D eigenvalue weighted by molar-refractivity contribution is 5.86. The molecule has 3 N–H and O–H groups in total. The van der Waals surface area contributed by atoms with Crippen LogP contribution in [0.3, 0.4) is 0 Å². The number of likely N-dealkylation sites (tertiary alicyclic amines) is 1. The van der Waals surface area contributed by atoms with E-state index in [0.717, 1.165) is 5.56 Å². The molecule has 0 aromatic heterocycles. The average Bonchev–Trinajstić information content (AvgIpc) is 2.89. The summed E-state index contributed by atoms with van der Waals surface area (Å²) in [6.45, 7) is 11.3. The molecule has 1 saturated heterocycles. The Morgan fingerprint density at radius 1 is 1.14 bits per heavy atom. The number of amides is 3. The summed E-state index contributed by atoms with van der Waals surface area (Å²) >= 11 is 0. The first-order valence-electron chi connectivity index (χ1n) is 12.3. The second kappa shape index (κ2) is 12.8. The van der Waals surface area contributed by atoms with Crippen LogP contribution in [0.2, 0.25) is 0 Å². The van der Waals surface area contributed by atoms with Crippen LogP contribution in [-0.4, -0.2) is 64.5 Å². The average molecular weight is 492 g/mol. The van der Waals surface area contributed by atoms with Crippen molar-refractivity contribution in [3.63, 3.8) is 0 Å². The zero-order valence-electron chi connectivity index (χ0n) is 21.7. The van der Waals surface area contributed by atoms with Crippen LogP contribution >= 0.6 is 0 Å². The number of carbonyl (C=O) groups excluding carboxylic acids is 3. The molecule has 0 unspecified atom stereocenters. The molecule has 1 fully saturated rings. The molecule has 35 heavy (non-hydrogen) atoms. The summed E-state index contributed by atoms with van der Waals surface area (Å²) in [5.41, 5.74) is 0.192. The lowest BCUT2D eigenvalue weighted by atomic mass is 10.0. The molecule has 2 rings (SSSR count). The van der Waals surface area contributed by atoms with Crippen molar-refractivity contribution in [1.82, 2.24) is 15.5 Å². The van der Waals surface area contributed by atoms with E-state index in [2.05, 4.69) is 10.6 Å². The molecule has 1 heterocycles. The smallest absolute Gasteiger partial charge is 0.410 e. The van der Waals surface area contributed by atoms with Gasteiger partial charge in [-0.25, -0.2) is 9.59 Å². The monoisotopic (exact) mass is 491 g/mol. The molecule has 196 valence electrons. The molecule has 4 atom stereocenters. The minimum atomic E-state index is -0.977. The number of aliphatic hydroxyl groups excluding tert-OH is 1. The minimum Gasteiger partial charge on any atom is -0.445 e. The number of nitrogens with zero attached hydrogens (tertiary/aromatic N) is 1. The van der Waals surface area contributed by atoms with E-state index in [0.29, 0.717) is 19.3 Å². The summed E-state index contributed by atoms with van der Waals surface area (Å²) < 4.78 is 10.8. The van der Waals surface area contributed by atoms with Crippen LogP contribution in [-0.2, 0) is 20.9 Å². The van der Waals surface area contributed by atoms with Crippen molar-refractivity contribution >= 4 is 18.1 Å². The van der Waals surface area contributed by atoms with E-state index >= 15 is 0 Å². The molecular weight excluding hydrogens is 450 g/mol. The highest BCUT2D eigenvalue weighted by atomic mass is 16.6. The molecule has 3 amide bonds. The summed E-state index contributed by atoms with van der Waals surface area (Å²) in [5, 5.41) is 16.4. The fourth-order valence-corrected chi connectivity index (χ4v) is 3.94. The molecule has 0 bridgehead atoms. The minimum absolute atomic E-state index is 0.0358. The third kappa shape index (κ3) is 9.76. The molecule has 1 aromatic carbocycles. The van der Waals surface area contributed by atoms with Gasteiger partial charge in [-0.1, -0.05) is 44.2 Å². The number of rotatable bonds is 7. The molecule has 0 aliphatic carbocycles. The standard InChI is InChI=1S/C26H41N3O6/c1-17(2)14-21(28-24(32)35-26(4,5)6)23(31)27-20-13-12-18(3)29(15-22(20)30)25(33)34-16-19-10-8-7-9-11-19/h7-11,17-18,20-22,30H,12-16H2,1-6H3,(H,27,31)(H,28,32)/t18-,20+,21-,22+/m0/s1. The summed E-state index contributed by atoms with van der Waals surface area (Å²) in [4.78, 5) is 39.6. The van der Waals surface area contributed by atoms with Gasteiger partial charge in [0.15, 0.2) is 0 Å². The zero-order valence-corrected chi connectivity index (χ0v) is 21.7. The van der Waals surface area contributed by atoms with Crippen molar-refractivity contribution in [2.75, 3.05) is 6.54 Å². The fraction of sp³-hybridized carbons (Fsp3) is 0.654. The van der Waals surface area contributed by atoms with Crippen LogP contribution in [0.15, 0.2) is 30.3 Å². The number of hydrogen-bond donors (Lipinski definition) is 3. The maximum atomic E-state index is 13.1. The van der Waals surface area contributed by atoms with Crippen molar-refractivity contribution in [3.8, 4) is 0 Å². The molecule has 9 nitrogen and oxygen atoms in total. The van der Waals surface area contributed by atoms with Crippen LogP contribution < -0.4 is 10.6 Å². The van der Waals surface area contributed by atoms with E-state index in [-0.39, 0.29) is 31.0 Å². The van der Waals surface area contributed by atoms with Crippen LogP contribution in [0.1, 0.15) is 66.4 Å². The van der Waals surface area contributed by atoms with E-state index in [1.807, 2.05) is 51.1 Å². The predicted molar refractivity (Wildman–Crippen MR) is 133 cm³/mol. The number of carbonyl (C=O) groups is 3. The van der Waals surface area contributed by atoms with Gasteiger partial charge in [-0.05, 0) is 58.4 Å². The first-order chi connectivity index (χ1) is 16.4. The number of aliphatic hydroxyl groups is 1. The second-order valence-corrected chi connectivity index (χ2v) is 10.6. The first kappa shape index (κ1) is 28.4. The van der Waals surface area contributed by atoms with Crippen molar-refractivity contribution in [3.05, 3.63) is 35.9 Å². The van der Waals surface area contributed by atoms with Gasteiger partial charge in [-0.3, -0.25) is 4.79 Å². The van der Waals surface area contributed by atoms with Crippen molar-refractivity contribution < 1.29 is 29.0 Å². The SMILES string of the molecule is CC(C)C[C@H](NC(=O)OC(C)(C)C)C(=O)N[C@@H]1CC[C@H](C)N(C(=O)OCc2ccccc2)C[C@H]1O. The van der Waals surface area contributed by atoms with Crippen LogP contribution in [0.5, 0.6) is 0 Å². The first-order valence-corrected chi connectivity index (χ1v) is 12.3. The Hall–Kier alpha value is -2.81. The largest absolute Gasteiger partial charge is 0.445 e. The lowest BCUT2D eigenvalue weighted by Crippen LogP contribution is -2.54. The lowest BCUT2D eigenvalue weighted by molar-refractivity contribution is -0.125. The number of ether oxygens (including phenoxy) is 2. The molecule has 1 aliphatic heterocycles. The lowest BCUT2D eigenvalue weighted by Gasteiger charge is -2.29. The Kier molecular flexibility index (Phi) is 10.4. The Bertz CT molecular complexity index is 839. The van der Waals surface area contributed by atoms with Gasteiger partial charge in [0.1, 0.15) is 18.2 Å².